The van der Waals surface area contributed by atoms with Crippen LogP contribution in [0, 0.1) is 0 Å². The summed E-state index contributed by atoms with van der Waals surface area (Å²) in [6.45, 7) is 0. The van der Waals surface area contributed by atoms with E-state index in [-0.39, 0.29) is 0 Å². The summed E-state index contributed by atoms with van der Waals surface area (Å²) in [4.78, 5) is 3.01. The number of rotatable bonds is 0. The topological polar surface area (TPSA) is 12.5 Å². The first-order chi connectivity index (χ1) is 4.76. The van der Waals surface area contributed by atoms with Crippen molar-refractivity contribution in [2.24, 2.45) is 0 Å². The molecule has 1 rings (SSSR count). The highest BCUT2D eigenvalue weighted by molar-refractivity contribution is 4.76. The van der Waals surface area contributed by atoms with Gasteiger partial charge in [-0.3, -0.25) is 0 Å². The van der Waals surface area contributed by atoms with Crippen molar-refractivity contribution in [2.45, 2.75) is 18.7 Å². The highest BCUT2D eigenvalue weighted by Gasteiger charge is 2.69. The standard InChI is InChI=1S/C3HF6NO/c4-1-2(5,6)10(11-1)3(7,8)9/h1H. The van der Waals surface area contributed by atoms with Crippen molar-refractivity contribution in [3.63, 3.8) is 0 Å². The molecule has 0 saturated carbocycles. The zero-order valence-corrected chi connectivity index (χ0v) is 4.70. The molecular weight excluding hydrogens is 180 g/mol. The van der Waals surface area contributed by atoms with Crippen LogP contribution in [0.1, 0.15) is 0 Å². The van der Waals surface area contributed by atoms with Crippen molar-refractivity contribution < 1.29 is 31.2 Å². The summed E-state index contributed by atoms with van der Waals surface area (Å²) in [5, 5.41) is -1.63. The molecule has 0 bridgehead atoms. The molecule has 0 aromatic carbocycles. The third kappa shape index (κ3) is 1.16. The Hall–Kier alpha value is -0.500. The summed E-state index contributed by atoms with van der Waals surface area (Å²) in [6.07, 6.45) is -8.57. The Labute approximate surface area is 56.3 Å². The van der Waals surface area contributed by atoms with E-state index in [1.165, 1.54) is 0 Å². The van der Waals surface area contributed by atoms with Gasteiger partial charge in [0.25, 0.3) is 6.36 Å². The van der Waals surface area contributed by atoms with Gasteiger partial charge in [-0.05, 0) is 5.06 Å². The number of hydroxylamine groups is 2. The van der Waals surface area contributed by atoms with Crippen molar-refractivity contribution in [1.29, 1.82) is 0 Å². The molecule has 0 radical (unpaired) electrons. The van der Waals surface area contributed by atoms with Gasteiger partial charge in [0.05, 0.1) is 0 Å². The summed E-state index contributed by atoms with van der Waals surface area (Å²) < 4.78 is 69.1. The van der Waals surface area contributed by atoms with Crippen LogP contribution in [0.4, 0.5) is 26.3 Å². The van der Waals surface area contributed by atoms with Gasteiger partial charge in [0, 0.05) is 0 Å². The van der Waals surface area contributed by atoms with Gasteiger partial charge in [0.15, 0.2) is 0 Å². The lowest BCUT2D eigenvalue weighted by Crippen LogP contribution is -2.66. The number of nitrogens with zero attached hydrogens (tertiary/aromatic N) is 1. The maximum atomic E-state index is 11.8. The van der Waals surface area contributed by atoms with Gasteiger partial charge in [0.2, 0.25) is 0 Å². The number of alkyl halides is 6. The van der Waals surface area contributed by atoms with Crippen molar-refractivity contribution in [3.8, 4) is 0 Å². The zero-order valence-electron chi connectivity index (χ0n) is 4.70. The first-order valence-corrected chi connectivity index (χ1v) is 2.32. The van der Waals surface area contributed by atoms with Crippen LogP contribution in [-0.2, 0) is 4.84 Å². The molecular formula is C3HF6NO. The minimum atomic E-state index is -5.37. The van der Waals surface area contributed by atoms with E-state index in [0.29, 0.717) is 0 Å². The molecule has 1 aliphatic rings. The number of hydrogen-bond acceptors (Lipinski definition) is 2. The Kier molecular flexibility index (Phi) is 1.57. The van der Waals surface area contributed by atoms with Crippen LogP contribution in [0.15, 0.2) is 0 Å². The number of hydrogen-bond donors (Lipinski definition) is 0. The molecule has 0 aromatic rings. The highest BCUT2D eigenvalue weighted by atomic mass is 19.4. The zero-order chi connectivity index (χ0) is 8.86. The quantitative estimate of drug-likeness (QED) is 0.416. The summed E-state index contributed by atoms with van der Waals surface area (Å²) in [7, 11) is 0. The highest BCUT2D eigenvalue weighted by Crippen LogP contribution is 2.44. The fourth-order valence-corrected chi connectivity index (χ4v) is 0.498. The van der Waals surface area contributed by atoms with E-state index in [1.54, 1.807) is 0 Å². The third-order valence-corrected chi connectivity index (χ3v) is 0.972. The minimum absolute atomic E-state index is 1.63. The van der Waals surface area contributed by atoms with Crippen LogP contribution in [0.25, 0.3) is 0 Å². The van der Waals surface area contributed by atoms with E-state index >= 15 is 0 Å². The smallest absolute Gasteiger partial charge is 0.240 e. The van der Waals surface area contributed by atoms with E-state index in [1.807, 2.05) is 0 Å². The molecule has 1 aliphatic heterocycles. The second kappa shape index (κ2) is 2.01. The summed E-state index contributed by atoms with van der Waals surface area (Å²) in [5.41, 5.74) is 0. The van der Waals surface area contributed by atoms with Crippen LogP contribution < -0.4 is 0 Å². The Morgan fingerprint density at radius 3 is 1.82 bits per heavy atom. The summed E-state index contributed by atoms with van der Waals surface area (Å²) >= 11 is 0. The molecule has 1 fully saturated rings. The van der Waals surface area contributed by atoms with Gasteiger partial charge in [-0.1, -0.05) is 0 Å². The maximum Gasteiger partial charge on any atom is 0.488 e. The van der Waals surface area contributed by atoms with Crippen molar-refractivity contribution in [1.82, 2.24) is 5.06 Å². The van der Waals surface area contributed by atoms with Crippen LogP contribution in [0.2, 0.25) is 0 Å². The molecule has 0 N–H and O–H groups in total. The Morgan fingerprint density at radius 2 is 1.73 bits per heavy atom. The molecule has 66 valence electrons. The van der Waals surface area contributed by atoms with Gasteiger partial charge >= 0.3 is 12.3 Å². The van der Waals surface area contributed by atoms with Crippen LogP contribution >= 0.6 is 0 Å². The first-order valence-electron chi connectivity index (χ1n) is 2.32. The van der Waals surface area contributed by atoms with Crippen LogP contribution in [0.3, 0.4) is 0 Å². The lowest BCUT2D eigenvalue weighted by Gasteiger charge is -2.41. The molecule has 0 spiro atoms. The SMILES string of the molecule is FC1ON(C(F)(F)F)C1(F)F. The minimum Gasteiger partial charge on any atom is -0.240 e. The van der Waals surface area contributed by atoms with Crippen molar-refractivity contribution in [2.75, 3.05) is 0 Å². The van der Waals surface area contributed by atoms with Gasteiger partial charge < -0.3 is 0 Å². The van der Waals surface area contributed by atoms with E-state index in [9.17, 15) is 26.3 Å². The predicted octanol–water partition coefficient (Wildman–Crippen LogP) is 1.64. The number of halogens is 6. The fourth-order valence-electron chi connectivity index (χ4n) is 0.498. The normalized spacial score (nSPS) is 31.6. The molecule has 2 nitrogen and oxygen atoms in total. The second-order valence-corrected chi connectivity index (χ2v) is 1.77. The van der Waals surface area contributed by atoms with Crippen LogP contribution in [-0.4, -0.2) is 23.8 Å². The lowest BCUT2D eigenvalue weighted by atomic mass is 10.5. The fraction of sp³-hybridized carbons (Fsp3) is 1.00. The third-order valence-electron chi connectivity index (χ3n) is 0.972. The van der Waals surface area contributed by atoms with Gasteiger partial charge in [-0.25, -0.2) is 9.23 Å². The van der Waals surface area contributed by atoms with E-state index in [4.69, 9.17) is 0 Å². The Bertz CT molecular complexity index is 166. The molecule has 1 heterocycles. The molecule has 8 heteroatoms. The second-order valence-electron chi connectivity index (χ2n) is 1.77. The largest absolute Gasteiger partial charge is 0.488 e. The van der Waals surface area contributed by atoms with E-state index < -0.39 is 23.8 Å². The summed E-state index contributed by atoms with van der Waals surface area (Å²) in [6, 6.07) is -4.60. The molecule has 11 heavy (non-hydrogen) atoms. The molecule has 1 saturated heterocycles. The van der Waals surface area contributed by atoms with Crippen molar-refractivity contribution >= 4 is 0 Å². The average Bonchev–Trinajstić information content (AvgIpc) is 1.80. The van der Waals surface area contributed by atoms with Crippen molar-refractivity contribution in [3.05, 3.63) is 0 Å². The van der Waals surface area contributed by atoms with E-state index in [0.717, 1.165) is 0 Å². The molecule has 1 unspecified atom stereocenters. The molecule has 0 amide bonds. The van der Waals surface area contributed by atoms with Gasteiger partial charge in [0.1, 0.15) is 0 Å². The monoisotopic (exact) mass is 181 g/mol. The lowest BCUT2D eigenvalue weighted by molar-refractivity contribution is -0.578. The molecule has 0 aromatic heterocycles. The first kappa shape index (κ1) is 8.60. The predicted molar refractivity (Wildman–Crippen MR) is 18.8 cm³/mol. The van der Waals surface area contributed by atoms with E-state index in [2.05, 4.69) is 4.84 Å². The van der Waals surface area contributed by atoms with Crippen LogP contribution in [0.5, 0.6) is 0 Å². The van der Waals surface area contributed by atoms with Gasteiger partial charge in [-0.15, -0.1) is 0 Å². The Balaban J connectivity index is 2.67. The Morgan fingerprint density at radius 1 is 1.27 bits per heavy atom. The summed E-state index contributed by atoms with van der Waals surface area (Å²) in [5.74, 6) is 0. The average molecular weight is 181 g/mol. The molecule has 0 aliphatic carbocycles. The van der Waals surface area contributed by atoms with Gasteiger partial charge in [-0.2, -0.15) is 22.0 Å². The molecule has 1 atom stereocenters. The maximum absolute atomic E-state index is 11.8.